The lowest BCUT2D eigenvalue weighted by Crippen LogP contribution is -2.58. The molecule has 24 aliphatic rings. The maximum atomic E-state index is 5.94. The second-order valence-electron chi connectivity index (χ2n) is 49.9. The molecular formula is C108H213N21O4. The van der Waals surface area contributed by atoms with Gasteiger partial charge in [0.25, 0.3) is 0 Å². The fourth-order valence-electron chi connectivity index (χ4n) is 28.5. The van der Waals surface area contributed by atoms with Crippen LogP contribution in [0.15, 0.2) is 0 Å². The van der Waals surface area contributed by atoms with E-state index in [2.05, 4.69) is 191 Å². The minimum Gasteiger partial charge on any atom is -0.374 e. The van der Waals surface area contributed by atoms with Crippen molar-refractivity contribution >= 4 is 0 Å². The molecule has 133 heavy (non-hydrogen) atoms. The zero-order valence-corrected chi connectivity index (χ0v) is 88.9. The smallest absolute Gasteiger partial charge is 0.0831 e. The number of ether oxygens (including phenoxy) is 4. The third-order valence-corrected chi connectivity index (χ3v) is 38.0. The number of hydrogen-bond donors (Lipinski definition) is 9. The summed E-state index contributed by atoms with van der Waals surface area (Å²) in [5.74, 6) is 0. The second-order valence-corrected chi connectivity index (χ2v) is 49.9. The summed E-state index contributed by atoms with van der Waals surface area (Å²) in [6.45, 7) is 56.5. The molecule has 25 heteroatoms. The molecule has 0 bridgehead atoms. The van der Waals surface area contributed by atoms with Crippen molar-refractivity contribution < 1.29 is 18.9 Å². The average molecular weight is 1870 g/mol. The molecule has 23 aliphatic heterocycles. The zero-order chi connectivity index (χ0) is 93.5. The lowest BCUT2D eigenvalue weighted by molar-refractivity contribution is -0.121. The van der Waals surface area contributed by atoms with Gasteiger partial charge in [0.05, 0.1) is 35.6 Å². The van der Waals surface area contributed by atoms with Crippen LogP contribution < -0.4 is 47.9 Å². The summed E-state index contributed by atoms with van der Waals surface area (Å²) < 4.78 is 23.6. The molecule has 1 aliphatic carbocycles. The van der Waals surface area contributed by atoms with Gasteiger partial charge in [-0.2, -0.15) is 0 Å². The molecule has 5 atom stereocenters. The highest BCUT2D eigenvalue weighted by atomic mass is 16.5. The fourth-order valence-corrected chi connectivity index (χ4v) is 28.5. The molecule has 0 amide bonds. The summed E-state index contributed by atoms with van der Waals surface area (Å²) in [5, 5.41) is 31.0. The number of morpholine rings is 2. The third-order valence-electron chi connectivity index (χ3n) is 38.0. The highest BCUT2D eigenvalue weighted by Gasteiger charge is 2.47. The monoisotopic (exact) mass is 1870 g/mol. The van der Waals surface area contributed by atoms with Gasteiger partial charge in [0.1, 0.15) is 0 Å². The normalized spacial score (nSPS) is 34.9. The summed E-state index contributed by atoms with van der Waals surface area (Å²) in [4.78, 5) is 29.2. The van der Waals surface area contributed by atoms with Gasteiger partial charge in [0, 0.05) is 151 Å². The molecule has 25 nitrogen and oxygen atoms in total. The van der Waals surface area contributed by atoms with Gasteiger partial charge in [-0.05, 0) is 490 Å². The Balaban J connectivity index is 0.000000123. The van der Waals surface area contributed by atoms with Crippen LogP contribution in [0, 0.1) is 43.3 Å². The van der Waals surface area contributed by atoms with Crippen molar-refractivity contribution in [2.24, 2.45) is 43.3 Å². The number of nitrogens with zero attached hydrogens (tertiary/aromatic N) is 12. The van der Waals surface area contributed by atoms with Crippen molar-refractivity contribution in [3.63, 3.8) is 0 Å². The first-order valence-electron chi connectivity index (χ1n) is 56.3. The molecule has 0 radical (unpaired) electrons. The van der Waals surface area contributed by atoms with E-state index in [1.165, 1.54) is 480 Å². The van der Waals surface area contributed by atoms with E-state index in [0.29, 0.717) is 27.1 Å². The van der Waals surface area contributed by atoms with E-state index in [9.17, 15) is 0 Å². The van der Waals surface area contributed by atoms with E-state index in [4.69, 9.17) is 18.9 Å². The largest absolute Gasteiger partial charge is 0.374 e. The Bertz CT molecular complexity index is 2930. The van der Waals surface area contributed by atoms with Crippen LogP contribution in [-0.4, -0.2) is 467 Å². The van der Waals surface area contributed by atoms with Crippen LogP contribution in [0.1, 0.15) is 244 Å². The molecule has 24 rings (SSSR count). The van der Waals surface area contributed by atoms with E-state index in [0.717, 1.165) is 81.9 Å². The summed E-state index contributed by atoms with van der Waals surface area (Å²) in [5.41, 5.74) is 6.57. The zero-order valence-electron chi connectivity index (χ0n) is 88.9. The predicted molar refractivity (Wildman–Crippen MR) is 555 cm³/mol. The first kappa shape index (κ1) is 109. The van der Waals surface area contributed by atoms with Gasteiger partial charge >= 0.3 is 0 Å². The second kappa shape index (κ2) is 53.2. The van der Waals surface area contributed by atoms with Gasteiger partial charge in [-0.25, -0.2) is 0 Å². The quantitative estimate of drug-likeness (QED) is 0.112. The molecular weight excluding hydrogens is 1660 g/mol. The molecule has 24 fully saturated rings. The van der Waals surface area contributed by atoms with Crippen molar-refractivity contribution in [3.8, 4) is 0 Å². The van der Waals surface area contributed by atoms with Crippen molar-refractivity contribution in [1.82, 2.24) is 107 Å². The van der Waals surface area contributed by atoms with Gasteiger partial charge < -0.3 is 126 Å². The average Bonchev–Trinajstić information content (AvgIpc) is 1.64. The molecule has 1 saturated carbocycles. The highest BCUT2D eigenvalue weighted by Crippen LogP contribution is 2.45. The predicted octanol–water partition coefficient (Wildman–Crippen LogP) is 9.39. The topological polar surface area (TPSA) is 184 Å². The number of likely N-dealkylation sites (tertiary alicyclic amines) is 11. The number of hydrogen-bond acceptors (Lipinski definition) is 25. The van der Waals surface area contributed by atoms with Crippen molar-refractivity contribution in [1.29, 1.82) is 0 Å². The van der Waals surface area contributed by atoms with Crippen LogP contribution in [0.3, 0.4) is 0 Å². The van der Waals surface area contributed by atoms with Crippen LogP contribution in [0.4, 0.5) is 0 Å². The molecule has 0 aromatic rings. The van der Waals surface area contributed by atoms with Gasteiger partial charge in [-0.1, -0.05) is 19.3 Å². The standard InChI is InChI=1S/C10H20N2.2C10H19NO.C9H18N2O.4C9H18N2.C9H17NO.3C8H16N2/c1-12-8-4-10(5-9-12)2-6-11-7-3-10;1-11-7-4-6-10(9-11)5-2-3-8-12-10;1-11-7-8-12-10(9-11)5-3-2-4-6-10;1-11-5-2-9(3-6-11)8-10-4-7-12-9;1-11-6-3-9(4-7-11)2-5-10-8-9;1-11-7-4-9(8-11)2-5-10-6-3-9;1-11-6-2-3-9(8-11)4-5-10-7-9;1-11-6-4-9(8-11)3-2-5-10-7-9;1-10-6-5-9(8-10)4-2-3-7-11-9;1-10-4-2-8(3-5-10)6-9-7-8;1-10-5-3-8(7-10)2-4-9-6-8;1-10-6-8(7-10)2-4-9-5-3-8/h11H,2-9H2,1H3;2*2-9H2,1H3;10H,2-8H2,1H3;4*10H,2-8H2,1H3;2-8H2,1H3;3*9H,2-7H2,1H3. The van der Waals surface area contributed by atoms with Crippen LogP contribution >= 0.6 is 0 Å². The van der Waals surface area contributed by atoms with Crippen LogP contribution in [-0.2, 0) is 18.9 Å². The number of nitrogens with one attached hydrogen (secondary N) is 9. The molecule has 0 aromatic carbocycles. The van der Waals surface area contributed by atoms with Gasteiger partial charge in [0.15, 0.2) is 0 Å². The molecule has 774 valence electrons. The van der Waals surface area contributed by atoms with E-state index in [1.807, 2.05) is 0 Å². The third kappa shape index (κ3) is 34.3. The van der Waals surface area contributed by atoms with Gasteiger partial charge in [-0.15, -0.1) is 0 Å². The molecule has 5 unspecified atom stereocenters. The minimum absolute atomic E-state index is 0.185. The number of rotatable bonds is 0. The first-order valence-corrected chi connectivity index (χ1v) is 56.3. The Hall–Kier alpha value is -1.00. The Kier molecular flexibility index (Phi) is 43.7. The van der Waals surface area contributed by atoms with Crippen LogP contribution in [0.25, 0.3) is 0 Å². The van der Waals surface area contributed by atoms with Crippen LogP contribution in [0.2, 0.25) is 0 Å². The summed E-state index contributed by atoms with van der Waals surface area (Å²) in [7, 11) is 26.7. The molecule has 12 spiro atoms. The maximum Gasteiger partial charge on any atom is 0.0831 e. The molecule has 9 N–H and O–H groups in total. The van der Waals surface area contributed by atoms with E-state index < -0.39 is 0 Å². The van der Waals surface area contributed by atoms with Gasteiger partial charge in [-0.3, -0.25) is 0 Å². The van der Waals surface area contributed by atoms with Gasteiger partial charge in [0.2, 0.25) is 0 Å². The van der Waals surface area contributed by atoms with Crippen molar-refractivity contribution in [3.05, 3.63) is 0 Å². The Morgan fingerprint density at radius 3 is 0.827 bits per heavy atom. The molecule has 23 heterocycles. The lowest BCUT2D eigenvalue weighted by Gasteiger charge is -2.51. The number of piperidine rings is 10. The molecule has 0 aromatic heterocycles. The maximum absolute atomic E-state index is 5.94. The summed E-state index contributed by atoms with van der Waals surface area (Å²) in [6, 6.07) is 0. The summed E-state index contributed by atoms with van der Waals surface area (Å²) >= 11 is 0. The Morgan fingerprint density at radius 1 is 0.143 bits per heavy atom. The minimum atomic E-state index is 0.185. The first-order chi connectivity index (χ1) is 64.2. The van der Waals surface area contributed by atoms with Crippen LogP contribution in [0.5, 0.6) is 0 Å². The van der Waals surface area contributed by atoms with E-state index in [-0.39, 0.29) is 22.4 Å². The SMILES string of the molecule is CN1CC2(CCNCC2)C1.CN1CCC2(CC1)CNC2.CN1CCC2(CC1)CNCCO2.CN1CCC2(CCCCO2)C1.CN1CCC2(CCCNC2)C1.CN1CCC2(CCNC2)C1.CN1CCC2(CCNC2)CC1.CN1CCC2(CCNCC2)C1.CN1CCC2(CCNCC2)CC1.CN1CCCC2(CCCCO2)C1.CN1CCCC2(CCNC2)C1.CN1CCOC2(CCCCC2)C1. The molecule has 23 saturated heterocycles. The Morgan fingerprint density at radius 2 is 0.429 bits per heavy atom. The van der Waals surface area contributed by atoms with E-state index >= 15 is 0 Å². The fraction of sp³-hybridized carbons (Fsp3) is 1.00. The van der Waals surface area contributed by atoms with E-state index in [1.54, 1.807) is 0 Å². The van der Waals surface area contributed by atoms with Crippen molar-refractivity contribution in [2.45, 2.75) is 266 Å². The highest BCUT2D eigenvalue weighted by molar-refractivity contribution is 5.02. The number of likely N-dealkylation sites (N-methyl/N-ethyl adjacent to an activating group) is 3. The van der Waals surface area contributed by atoms with Crippen molar-refractivity contribution in [2.75, 3.05) is 386 Å². The summed E-state index contributed by atoms with van der Waals surface area (Å²) in [6.07, 6.45) is 51.9. The lowest BCUT2D eigenvalue weighted by atomic mass is 9.72. The Labute approximate surface area is 816 Å².